The molecule has 33 heavy (non-hydrogen) atoms. The van der Waals surface area contributed by atoms with Crippen LogP contribution in [-0.4, -0.2) is 26.9 Å². The molecule has 3 rings (SSSR count). The number of carbonyl (C=O) groups excluding carboxylic acids is 1. The number of hydrogen-bond acceptors (Lipinski definition) is 5. The fraction of sp³-hybridized carbons (Fsp3) is 0.360. The zero-order valence-electron chi connectivity index (χ0n) is 19.5. The summed E-state index contributed by atoms with van der Waals surface area (Å²) < 4.78 is 22.8. The van der Waals surface area contributed by atoms with E-state index in [0.29, 0.717) is 28.8 Å². The first-order chi connectivity index (χ1) is 15.9. The third kappa shape index (κ3) is 6.31. The van der Waals surface area contributed by atoms with Crippen LogP contribution in [0.5, 0.6) is 0 Å². The number of benzene rings is 2. The Bertz CT molecular complexity index is 1100. The summed E-state index contributed by atoms with van der Waals surface area (Å²) in [7, 11) is 0. The van der Waals surface area contributed by atoms with E-state index < -0.39 is 11.4 Å². The van der Waals surface area contributed by atoms with Crippen molar-refractivity contribution in [1.29, 1.82) is 0 Å². The van der Waals surface area contributed by atoms with Crippen molar-refractivity contribution >= 4 is 34.6 Å². The molecule has 0 saturated carbocycles. The Balaban J connectivity index is 1.74. The molecule has 0 aliphatic carbocycles. The lowest BCUT2D eigenvalue weighted by Crippen LogP contribution is -2.13. The van der Waals surface area contributed by atoms with Gasteiger partial charge in [-0.15, -0.1) is 0 Å². The molecular formula is C25H30ClN3O3S. The van der Waals surface area contributed by atoms with Gasteiger partial charge < -0.3 is 9.29 Å². The number of nitrogens with zero attached hydrogens (tertiary/aromatic N) is 2. The maximum atomic E-state index is 12.7. The average molecular weight is 488 g/mol. The number of esters is 1. The normalized spacial score (nSPS) is 11.9. The van der Waals surface area contributed by atoms with Gasteiger partial charge in [-0.05, 0) is 62.1 Å². The molecule has 3 aromatic rings. The van der Waals surface area contributed by atoms with Gasteiger partial charge in [-0.2, -0.15) is 5.10 Å². The molecule has 0 radical (unpaired) electrons. The van der Waals surface area contributed by atoms with Crippen LogP contribution in [0.3, 0.4) is 0 Å². The van der Waals surface area contributed by atoms with Gasteiger partial charge in [-0.25, -0.2) is 4.72 Å². The Morgan fingerprint density at radius 2 is 1.88 bits per heavy atom. The number of ether oxygens (including phenoxy) is 1. The van der Waals surface area contributed by atoms with Gasteiger partial charge in [0, 0.05) is 16.3 Å². The van der Waals surface area contributed by atoms with Crippen LogP contribution < -0.4 is 4.72 Å². The summed E-state index contributed by atoms with van der Waals surface area (Å²) in [5.74, 6) is -0.226. The molecule has 8 heteroatoms. The summed E-state index contributed by atoms with van der Waals surface area (Å²) in [6.45, 7) is 8.79. The van der Waals surface area contributed by atoms with Gasteiger partial charge in [0.25, 0.3) is 0 Å². The number of aromatic nitrogens is 2. The maximum absolute atomic E-state index is 12.7. The fourth-order valence-electron chi connectivity index (χ4n) is 3.67. The number of anilines is 1. The van der Waals surface area contributed by atoms with E-state index in [4.69, 9.17) is 21.4 Å². The van der Waals surface area contributed by atoms with Crippen molar-refractivity contribution in [3.63, 3.8) is 0 Å². The third-order valence-corrected chi connectivity index (χ3v) is 6.93. The zero-order valence-corrected chi connectivity index (χ0v) is 21.1. The molecule has 1 aromatic heterocycles. The second-order valence-electron chi connectivity index (χ2n) is 7.70. The molecular weight excluding hydrogens is 458 g/mol. The highest BCUT2D eigenvalue weighted by atomic mass is 35.5. The molecule has 0 saturated heterocycles. The molecule has 0 amide bonds. The summed E-state index contributed by atoms with van der Waals surface area (Å²) >= 11 is 4.76. The quantitative estimate of drug-likeness (QED) is 0.312. The number of carbonyl (C=O) groups is 1. The number of aryl methyl sites for hydroxylation is 2. The molecule has 0 spiro atoms. The number of nitrogens with one attached hydrogen (secondary N) is 1. The molecule has 2 aromatic carbocycles. The Labute approximate surface area is 203 Å². The van der Waals surface area contributed by atoms with E-state index in [-0.39, 0.29) is 12.4 Å². The SMILES string of the molecule is CCOC(=O)Cc1c(CC)nn(Cc2ccc([S+]([O-])Nc3ccc(C)c(Cl)c3)cc2)c1CC. The largest absolute Gasteiger partial charge is 0.588 e. The molecule has 0 aliphatic rings. The maximum Gasteiger partial charge on any atom is 0.310 e. The minimum atomic E-state index is -1.40. The minimum absolute atomic E-state index is 0.226. The van der Waals surface area contributed by atoms with Crippen molar-refractivity contribution in [1.82, 2.24) is 9.78 Å². The second kappa shape index (κ2) is 11.6. The first kappa shape index (κ1) is 25.1. The lowest BCUT2D eigenvalue weighted by atomic mass is 10.1. The molecule has 0 fully saturated rings. The number of rotatable bonds is 10. The van der Waals surface area contributed by atoms with E-state index >= 15 is 0 Å². The van der Waals surface area contributed by atoms with Crippen LogP contribution in [0, 0.1) is 6.92 Å². The number of hydrogen-bond donors (Lipinski definition) is 1. The summed E-state index contributed by atoms with van der Waals surface area (Å²) in [5, 5.41) is 5.39. The Hall–Kier alpha value is -2.48. The summed E-state index contributed by atoms with van der Waals surface area (Å²) in [5.41, 5.74) is 5.66. The highest BCUT2D eigenvalue weighted by Gasteiger charge is 2.19. The number of halogens is 1. The Kier molecular flexibility index (Phi) is 8.83. The smallest absolute Gasteiger partial charge is 0.310 e. The molecule has 0 aliphatic heterocycles. The summed E-state index contributed by atoms with van der Waals surface area (Å²) in [6, 6.07) is 13.1. The van der Waals surface area contributed by atoms with Crippen LogP contribution in [0.1, 0.15) is 48.8 Å². The van der Waals surface area contributed by atoms with Crippen molar-refractivity contribution < 1.29 is 14.1 Å². The average Bonchev–Trinajstić information content (AvgIpc) is 3.12. The second-order valence-corrected chi connectivity index (χ2v) is 9.32. The van der Waals surface area contributed by atoms with Gasteiger partial charge in [-0.3, -0.25) is 9.48 Å². The van der Waals surface area contributed by atoms with E-state index in [0.717, 1.165) is 40.9 Å². The van der Waals surface area contributed by atoms with Gasteiger partial charge in [0.2, 0.25) is 0 Å². The molecule has 176 valence electrons. The van der Waals surface area contributed by atoms with Gasteiger partial charge >= 0.3 is 5.97 Å². The van der Waals surface area contributed by atoms with Crippen molar-refractivity contribution in [2.24, 2.45) is 0 Å². The van der Waals surface area contributed by atoms with E-state index in [9.17, 15) is 9.35 Å². The van der Waals surface area contributed by atoms with E-state index in [1.807, 2.05) is 61.9 Å². The van der Waals surface area contributed by atoms with Gasteiger partial charge in [-0.1, -0.05) is 43.6 Å². The Morgan fingerprint density at radius 3 is 2.48 bits per heavy atom. The minimum Gasteiger partial charge on any atom is -0.588 e. The summed E-state index contributed by atoms with van der Waals surface area (Å²) in [6.07, 6.45) is 1.76. The molecule has 0 bridgehead atoms. The van der Waals surface area contributed by atoms with Crippen LogP contribution in [0.15, 0.2) is 47.4 Å². The van der Waals surface area contributed by atoms with Crippen LogP contribution in [0.2, 0.25) is 5.02 Å². The van der Waals surface area contributed by atoms with Gasteiger partial charge in [0.15, 0.2) is 4.90 Å². The lowest BCUT2D eigenvalue weighted by molar-refractivity contribution is -0.142. The van der Waals surface area contributed by atoms with Crippen molar-refractivity contribution in [2.45, 2.75) is 58.4 Å². The van der Waals surface area contributed by atoms with E-state index in [2.05, 4.69) is 11.6 Å². The predicted octanol–water partition coefficient (Wildman–Crippen LogP) is 5.26. The van der Waals surface area contributed by atoms with E-state index in [1.165, 1.54) is 0 Å². The summed E-state index contributed by atoms with van der Waals surface area (Å²) in [4.78, 5) is 12.8. The van der Waals surface area contributed by atoms with Crippen molar-refractivity contribution in [2.75, 3.05) is 11.3 Å². The van der Waals surface area contributed by atoms with Crippen LogP contribution in [0.25, 0.3) is 0 Å². The fourth-order valence-corrected chi connectivity index (χ4v) is 4.70. The van der Waals surface area contributed by atoms with Gasteiger partial charge in [0.05, 0.1) is 31.0 Å². The molecule has 1 atom stereocenters. The monoisotopic (exact) mass is 487 g/mol. The molecule has 1 heterocycles. The standard InChI is InChI=1S/C25H30ClN3O3S/c1-5-23-21(15-25(30)32-7-3)24(6-2)29(27-23)16-18-9-12-20(13-10-18)33(31)28-19-11-8-17(4)22(26)14-19/h8-14,28H,5-7,15-16H2,1-4H3. The van der Waals surface area contributed by atoms with Crippen LogP contribution in [-0.2, 0) is 46.7 Å². The zero-order chi connectivity index (χ0) is 24.0. The molecule has 6 nitrogen and oxygen atoms in total. The van der Waals surface area contributed by atoms with Gasteiger partial charge in [0.1, 0.15) is 11.4 Å². The first-order valence-corrected chi connectivity index (χ1v) is 12.7. The highest BCUT2D eigenvalue weighted by molar-refractivity contribution is 7.92. The lowest BCUT2D eigenvalue weighted by Gasteiger charge is -2.13. The topological polar surface area (TPSA) is 79.2 Å². The predicted molar refractivity (Wildman–Crippen MR) is 133 cm³/mol. The third-order valence-electron chi connectivity index (χ3n) is 5.40. The van der Waals surface area contributed by atoms with Crippen molar-refractivity contribution in [3.05, 3.63) is 75.6 Å². The van der Waals surface area contributed by atoms with E-state index in [1.54, 1.807) is 6.07 Å². The molecule has 1 N–H and O–H groups in total. The van der Waals surface area contributed by atoms with Crippen LogP contribution in [0.4, 0.5) is 5.69 Å². The highest BCUT2D eigenvalue weighted by Crippen LogP contribution is 2.23. The van der Waals surface area contributed by atoms with Crippen molar-refractivity contribution in [3.8, 4) is 0 Å². The molecule has 1 unspecified atom stereocenters. The first-order valence-electron chi connectivity index (χ1n) is 11.1. The van der Waals surface area contributed by atoms with Crippen LogP contribution >= 0.6 is 11.6 Å². The Morgan fingerprint density at radius 1 is 1.15 bits per heavy atom.